The Balaban J connectivity index is 2.77. The minimum atomic E-state index is -3.48. The van der Waals surface area contributed by atoms with Crippen LogP contribution in [-0.2, 0) is 10.0 Å². The van der Waals surface area contributed by atoms with Crippen molar-refractivity contribution in [3.05, 3.63) is 29.8 Å². The van der Waals surface area contributed by atoms with Crippen molar-refractivity contribution >= 4 is 15.9 Å². The molecule has 0 saturated carbocycles. The third kappa shape index (κ3) is 4.80. The molecule has 2 N–H and O–H groups in total. The number of amides is 1. The van der Waals surface area contributed by atoms with Crippen molar-refractivity contribution in [2.24, 2.45) is 0 Å². The maximum atomic E-state index is 12.0. The van der Waals surface area contributed by atoms with Crippen molar-refractivity contribution in [1.82, 2.24) is 9.62 Å². The zero-order chi connectivity index (χ0) is 16.0. The quantitative estimate of drug-likeness (QED) is 0.780. The van der Waals surface area contributed by atoms with Gasteiger partial charge in [0, 0.05) is 32.3 Å². The molecular formula is C14H22N2O4S. The van der Waals surface area contributed by atoms with E-state index in [-0.39, 0.29) is 23.5 Å². The van der Waals surface area contributed by atoms with Crippen LogP contribution in [0.1, 0.15) is 30.1 Å². The second-order valence-corrected chi connectivity index (χ2v) is 7.20. The summed E-state index contributed by atoms with van der Waals surface area (Å²) >= 11 is 0. The van der Waals surface area contributed by atoms with E-state index in [1.54, 1.807) is 0 Å². The summed E-state index contributed by atoms with van der Waals surface area (Å²) in [5.74, 6) is -0.255. The molecule has 1 unspecified atom stereocenters. The van der Waals surface area contributed by atoms with Crippen molar-refractivity contribution in [3.63, 3.8) is 0 Å². The van der Waals surface area contributed by atoms with Gasteiger partial charge < -0.3 is 10.4 Å². The molecule has 6 nitrogen and oxygen atoms in total. The highest BCUT2D eigenvalue weighted by Gasteiger charge is 2.17. The first-order chi connectivity index (χ1) is 9.78. The summed E-state index contributed by atoms with van der Waals surface area (Å²) in [6, 6.07) is 5.77. The van der Waals surface area contributed by atoms with Gasteiger partial charge in [0.25, 0.3) is 5.91 Å². The van der Waals surface area contributed by atoms with Crippen LogP contribution in [0, 0.1) is 0 Å². The zero-order valence-corrected chi connectivity index (χ0v) is 13.4. The maximum Gasteiger partial charge on any atom is 0.251 e. The molecule has 1 amide bonds. The van der Waals surface area contributed by atoms with E-state index in [1.165, 1.54) is 38.4 Å². The van der Waals surface area contributed by atoms with E-state index < -0.39 is 10.0 Å². The smallest absolute Gasteiger partial charge is 0.251 e. The summed E-state index contributed by atoms with van der Waals surface area (Å²) in [5, 5.41) is 11.5. The molecule has 0 saturated heterocycles. The van der Waals surface area contributed by atoms with Crippen LogP contribution in [-0.4, -0.2) is 50.5 Å². The lowest BCUT2D eigenvalue weighted by molar-refractivity contribution is 0.0936. The molecule has 0 aliphatic carbocycles. The molecule has 0 aliphatic rings. The standard InChI is InChI=1S/C14H22N2O4S/c1-11(5-4-10-17)15-14(18)12-6-8-13(9-7-12)21(19,20)16(2)3/h6-9,11,17H,4-5,10H2,1-3H3,(H,15,18). The first-order valence-corrected chi connectivity index (χ1v) is 8.17. The van der Waals surface area contributed by atoms with E-state index in [9.17, 15) is 13.2 Å². The minimum absolute atomic E-state index is 0.0464. The van der Waals surface area contributed by atoms with Crippen molar-refractivity contribution in [1.29, 1.82) is 0 Å². The number of aliphatic hydroxyl groups is 1. The zero-order valence-electron chi connectivity index (χ0n) is 12.5. The Hall–Kier alpha value is -1.44. The number of sulfonamides is 1. The molecule has 0 bridgehead atoms. The lowest BCUT2D eigenvalue weighted by Gasteiger charge is -2.14. The molecule has 1 aromatic rings. The van der Waals surface area contributed by atoms with E-state index in [4.69, 9.17) is 5.11 Å². The highest BCUT2D eigenvalue weighted by Crippen LogP contribution is 2.14. The molecular weight excluding hydrogens is 292 g/mol. The van der Waals surface area contributed by atoms with Gasteiger partial charge in [-0.05, 0) is 44.0 Å². The number of benzene rings is 1. The minimum Gasteiger partial charge on any atom is -0.396 e. The molecule has 1 aromatic carbocycles. The van der Waals surface area contributed by atoms with Crippen LogP contribution < -0.4 is 5.32 Å². The van der Waals surface area contributed by atoms with Crippen molar-refractivity contribution in [2.75, 3.05) is 20.7 Å². The normalized spacial score (nSPS) is 13.2. The number of carbonyl (C=O) groups is 1. The van der Waals surface area contributed by atoms with Crippen LogP contribution >= 0.6 is 0 Å². The largest absolute Gasteiger partial charge is 0.396 e. The number of aliphatic hydroxyl groups excluding tert-OH is 1. The van der Waals surface area contributed by atoms with Crippen LogP contribution in [0.4, 0.5) is 0 Å². The average Bonchev–Trinajstić information content (AvgIpc) is 2.45. The van der Waals surface area contributed by atoms with E-state index in [1.807, 2.05) is 6.92 Å². The van der Waals surface area contributed by atoms with Crippen LogP contribution in [0.15, 0.2) is 29.2 Å². The molecule has 118 valence electrons. The number of nitrogens with zero attached hydrogens (tertiary/aromatic N) is 1. The summed E-state index contributed by atoms with van der Waals surface area (Å²) in [6.45, 7) is 1.95. The predicted molar refractivity (Wildman–Crippen MR) is 80.6 cm³/mol. The SMILES string of the molecule is CC(CCCO)NC(=O)c1ccc(S(=O)(=O)N(C)C)cc1. The Labute approximate surface area is 125 Å². The van der Waals surface area contributed by atoms with Gasteiger partial charge in [-0.15, -0.1) is 0 Å². The molecule has 21 heavy (non-hydrogen) atoms. The van der Waals surface area contributed by atoms with E-state index in [2.05, 4.69) is 5.32 Å². The number of hydrogen-bond acceptors (Lipinski definition) is 4. The monoisotopic (exact) mass is 314 g/mol. The topological polar surface area (TPSA) is 86.7 Å². The number of hydrogen-bond donors (Lipinski definition) is 2. The second kappa shape index (κ2) is 7.53. The predicted octanol–water partition coefficient (Wildman–Crippen LogP) is 0.828. The van der Waals surface area contributed by atoms with Gasteiger partial charge in [0.15, 0.2) is 0 Å². The van der Waals surface area contributed by atoms with Gasteiger partial charge in [0.1, 0.15) is 0 Å². The number of carbonyl (C=O) groups excluding carboxylic acids is 1. The van der Waals surface area contributed by atoms with Crippen LogP contribution in [0.3, 0.4) is 0 Å². The van der Waals surface area contributed by atoms with Crippen LogP contribution in [0.25, 0.3) is 0 Å². The van der Waals surface area contributed by atoms with E-state index >= 15 is 0 Å². The Morgan fingerprint density at radius 1 is 1.29 bits per heavy atom. The number of nitrogens with one attached hydrogen (secondary N) is 1. The molecule has 0 heterocycles. The molecule has 1 rings (SSSR count). The Kier molecular flexibility index (Phi) is 6.32. The van der Waals surface area contributed by atoms with Gasteiger partial charge in [0.05, 0.1) is 4.90 Å². The summed E-state index contributed by atoms with van der Waals surface area (Å²) in [5.41, 5.74) is 0.406. The Morgan fingerprint density at radius 3 is 2.33 bits per heavy atom. The van der Waals surface area contributed by atoms with Gasteiger partial charge in [-0.3, -0.25) is 4.79 Å². The summed E-state index contributed by atoms with van der Waals surface area (Å²) < 4.78 is 24.9. The molecule has 0 spiro atoms. The molecule has 0 fully saturated rings. The number of rotatable bonds is 7. The van der Waals surface area contributed by atoms with Gasteiger partial charge in [-0.2, -0.15) is 0 Å². The fourth-order valence-corrected chi connectivity index (χ4v) is 2.67. The Morgan fingerprint density at radius 2 is 1.86 bits per heavy atom. The lowest BCUT2D eigenvalue weighted by atomic mass is 10.1. The highest BCUT2D eigenvalue weighted by atomic mass is 32.2. The van der Waals surface area contributed by atoms with E-state index in [0.29, 0.717) is 18.4 Å². The fraction of sp³-hybridized carbons (Fsp3) is 0.500. The molecule has 0 radical (unpaired) electrons. The first kappa shape index (κ1) is 17.6. The highest BCUT2D eigenvalue weighted by molar-refractivity contribution is 7.89. The third-order valence-corrected chi connectivity index (χ3v) is 4.90. The van der Waals surface area contributed by atoms with Gasteiger partial charge in [-0.1, -0.05) is 0 Å². The van der Waals surface area contributed by atoms with Crippen LogP contribution in [0.5, 0.6) is 0 Å². The molecule has 7 heteroatoms. The third-order valence-electron chi connectivity index (χ3n) is 3.07. The first-order valence-electron chi connectivity index (χ1n) is 6.73. The van der Waals surface area contributed by atoms with Gasteiger partial charge >= 0.3 is 0 Å². The van der Waals surface area contributed by atoms with E-state index in [0.717, 1.165) is 4.31 Å². The van der Waals surface area contributed by atoms with Crippen LogP contribution in [0.2, 0.25) is 0 Å². The molecule has 0 aliphatic heterocycles. The van der Waals surface area contributed by atoms with Gasteiger partial charge in [0.2, 0.25) is 10.0 Å². The second-order valence-electron chi connectivity index (χ2n) is 5.05. The van der Waals surface area contributed by atoms with Crippen molar-refractivity contribution in [2.45, 2.75) is 30.7 Å². The Bertz CT molecular complexity index is 567. The summed E-state index contributed by atoms with van der Waals surface area (Å²) in [7, 11) is -0.566. The molecule has 1 atom stereocenters. The van der Waals surface area contributed by atoms with Crippen molar-refractivity contribution < 1.29 is 18.3 Å². The average molecular weight is 314 g/mol. The fourth-order valence-electron chi connectivity index (χ4n) is 1.77. The van der Waals surface area contributed by atoms with Gasteiger partial charge in [-0.25, -0.2) is 12.7 Å². The molecule has 0 aromatic heterocycles. The summed E-state index contributed by atoms with van der Waals surface area (Å²) in [4.78, 5) is 12.1. The van der Waals surface area contributed by atoms with Crippen molar-refractivity contribution in [3.8, 4) is 0 Å². The maximum absolute atomic E-state index is 12.0. The lowest BCUT2D eigenvalue weighted by Crippen LogP contribution is -2.32. The summed E-state index contributed by atoms with van der Waals surface area (Å²) in [6.07, 6.45) is 1.32.